The number of sulfonamides is 1. The van der Waals surface area contributed by atoms with Crippen molar-refractivity contribution < 1.29 is 17.9 Å². The van der Waals surface area contributed by atoms with Crippen LogP contribution in [-0.2, 0) is 14.8 Å². The van der Waals surface area contributed by atoms with E-state index in [9.17, 15) is 13.2 Å². The van der Waals surface area contributed by atoms with Crippen LogP contribution in [0, 0.1) is 6.92 Å². The lowest BCUT2D eigenvalue weighted by Crippen LogP contribution is -2.13. The molecule has 0 amide bonds. The zero-order valence-corrected chi connectivity index (χ0v) is 16.4. The molecule has 8 heteroatoms. The Labute approximate surface area is 161 Å². The fourth-order valence-corrected chi connectivity index (χ4v) is 4.08. The number of aromatic nitrogens is 1. The molecule has 0 saturated carbocycles. The second kappa shape index (κ2) is 7.89. The van der Waals surface area contributed by atoms with Crippen molar-refractivity contribution in [3.05, 3.63) is 64.5 Å². The van der Waals surface area contributed by atoms with Crippen LogP contribution in [-0.4, -0.2) is 26.0 Å². The van der Waals surface area contributed by atoms with Crippen LogP contribution in [0.15, 0.2) is 58.8 Å². The molecule has 2 aromatic carbocycles. The number of thiazole rings is 1. The van der Waals surface area contributed by atoms with Crippen molar-refractivity contribution in [1.82, 2.24) is 4.98 Å². The SMILES string of the molecule is CCOC(=O)c1ccc(S(=O)(=O)Nc2ccc(-c3csc(C)n3)cc2)cc1. The summed E-state index contributed by atoms with van der Waals surface area (Å²) in [6.07, 6.45) is 0. The van der Waals surface area contributed by atoms with E-state index in [2.05, 4.69) is 9.71 Å². The van der Waals surface area contributed by atoms with E-state index < -0.39 is 16.0 Å². The molecule has 0 aliphatic carbocycles. The molecule has 1 heterocycles. The molecule has 0 spiro atoms. The number of hydrogen-bond acceptors (Lipinski definition) is 6. The molecule has 27 heavy (non-hydrogen) atoms. The highest BCUT2D eigenvalue weighted by Crippen LogP contribution is 2.24. The molecular formula is C19H18N2O4S2. The second-order valence-corrected chi connectivity index (χ2v) is 8.42. The first-order chi connectivity index (χ1) is 12.9. The van der Waals surface area contributed by atoms with Crippen LogP contribution in [0.4, 0.5) is 5.69 Å². The zero-order chi connectivity index (χ0) is 19.4. The molecule has 0 aliphatic rings. The van der Waals surface area contributed by atoms with E-state index in [-0.39, 0.29) is 11.5 Å². The minimum absolute atomic E-state index is 0.0646. The van der Waals surface area contributed by atoms with Crippen molar-refractivity contribution >= 4 is 33.0 Å². The van der Waals surface area contributed by atoms with Crippen molar-refractivity contribution in [2.75, 3.05) is 11.3 Å². The quantitative estimate of drug-likeness (QED) is 0.628. The van der Waals surface area contributed by atoms with E-state index in [0.29, 0.717) is 11.3 Å². The maximum Gasteiger partial charge on any atom is 0.338 e. The van der Waals surface area contributed by atoms with Crippen LogP contribution in [0.2, 0.25) is 0 Å². The Kier molecular flexibility index (Phi) is 5.57. The van der Waals surface area contributed by atoms with Gasteiger partial charge in [0.05, 0.1) is 27.8 Å². The highest BCUT2D eigenvalue weighted by atomic mass is 32.2. The topological polar surface area (TPSA) is 85.4 Å². The lowest BCUT2D eigenvalue weighted by molar-refractivity contribution is 0.0526. The van der Waals surface area contributed by atoms with Crippen molar-refractivity contribution in [3.63, 3.8) is 0 Å². The average Bonchev–Trinajstić information content (AvgIpc) is 3.09. The molecular weight excluding hydrogens is 384 g/mol. The normalized spacial score (nSPS) is 11.2. The third-order valence-electron chi connectivity index (χ3n) is 3.73. The summed E-state index contributed by atoms with van der Waals surface area (Å²) in [5, 5.41) is 2.93. The lowest BCUT2D eigenvalue weighted by Gasteiger charge is -2.09. The van der Waals surface area contributed by atoms with Gasteiger partial charge >= 0.3 is 5.97 Å². The molecule has 3 aromatic rings. The predicted molar refractivity (Wildman–Crippen MR) is 105 cm³/mol. The first kappa shape index (κ1) is 19.1. The lowest BCUT2D eigenvalue weighted by atomic mass is 10.1. The number of aryl methyl sites for hydroxylation is 1. The third kappa shape index (κ3) is 4.53. The van der Waals surface area contributed by atoms with Crippen LogP contribution in [0.1, 0.15) is 22.3 Å². The highest BCUT2D eigenvalue weighted by molar-refractivity contribution is 7.92. The van der Waals surface area contributed by atoms with Gasteiger partial charge in [0.2, 0.25) is 0 Å². The Balaban J connectivity index is 1.75. The first-order valence-corrected chi connectivity index (χ1v) is 10.6. The van der Waals surface area contributed by atoms with Crippen LogP contribution in [0.25, 0.3) is 11.3 Å². The van der Waals surface area contributed by atoms with Gasteiger partial charge in [-0.1, -0.05) is 12.1 Å². The minimum atomic E-state index is -3.76. The molecule has 0 fully saturated rings. The van der Waals surface area contributed by atoms with Crippen molar-refractivity contribution in [1.29, 1.82) is 0 Å². The second-order valence-electron chi connectivity index (χ2n) is 5.68. The first-order valence-electron chi connectivity index (χ1n) is 8.21. The van der Waals surface area contributed by atoms with Gasteiger partial charge in [0.25, 0.3) is 10.0 Å². The third-order valence-corrected chi connectivity index (χ3v) is 5.90. The molecule has 1 N–H and O–H groups in total. The Hall–Kier alpha value is -2.71. The number of rotatable bonds is 6. The molecule has 1 aromatic heterocycles. The molecule has 3 rings (SSSR count). The Morgan fingerprint density at radius 3 is 2.33 bits per heavy atom. The minimum Gasteiger partial charge on any atom is -0.462 e. The summed E-state index contributed by atoms with van der Waals surface area (Å²) >= 11 is 1.56. The molecule has 0 saturated heterocycles. The van der Waals surface area contributed by atoms with Crippen LogP contribution < -0.4 is 4.72 Å². The Morgan fingerprint density at radius 2 is 1.78 bits per heavy atom. The number of nitrogens with one attached hydrogen (secondary N) is 1. The van der Waals surface area contributed by atoms with Gasteiger partial charge in [-0.05, 0) is 50.2 Å². The fourth-order valence-electron chi connectivity index (χ4n) is 2.40. The summed E-state index contributed by atoms with van der Waals surface area (Å²) in [5.74, 6) is -0.484. The fraction of sp³-hybridized carbons (Fsp3) is 0.158. The zero-order valence-electron chi connectivity index (χ0n) is 14.8. The highest BCUT2D eigenvalue weighted by Gasteiger charge is 2.16. The van der Waals surface area contributed by atoms with Gasteiger partial charge < -0.3 is 4.74 Å². The Morgan fingerprint density at radius 1 is 1.11 bits per heavy atom. The molecule has 0 atom stereocenters. The van der Waals surface area contributed by atoms with E-state index in [1.165, 1.54) is 24.3 Å². The van der Waals surface area contributed by atoms with E-state index in [1.807, 2.05) is 24.4 Å². The van der Waals surface area contributed by atoms with Gasteiger partial charge in [-0.3, -0.25) is 4.72 Å². The van der Waals surface area contributed by atoms with Crippen LogP contribution in [0.3, 0.4) is 0 Å². The smallest absolute Gasteiger partial charge is 0.338 e. The van der Waals surface area contributed by atoms with Crippen molar-refractivity contribution in [2.45, 2.75) is 18.7 Å². The van der Waals surface area contributed by atoms with Gasteiger partial charge in [0, 0.05) is 16.6 Å². The standard InChI is InChI=1S/C19H18N2O4S2/c1-3-25-19(22)15-6-10-17(11-7-15)27(23,24)21-16-8-4-14(5-9-16)18-12-26-13(2)20-18/h4-12,21H,3H2,1-2H3. The van der Waals surface area contributed by atoms with E-state index in [1.54, 1.807) is 30.4 Å². The molecule has 6 nitrogen and oxygen atoms in total. The predicted octanol–water partition coefficient (Wildman–Crippen LogP) is 4.10. The molecule has 0 aliphatic heterocycles. The summed E-state index contributed by atoms with van der Waals surface area (Å²) in [5.41, 5.74) is 2.53. The van der Waals surface area contributed by atoms with Gasteiger partial charge in [-0.15, -0.1) is 11.3 Å². The summed E-state index contributed by atoms with van der Waals surface area (Å²) in [6.45, 7) is 3.91. The van der Waals surface area contributed by atoms with E-state index in [0.717, 1.165) is 16.3 Å². The monoisotopic (exact) mass is 402 g/mol. The van der Waals surface area contributed by atoms with Gasteiger partial charge in [0.15, 0.2) is 0 Å². The average molecular weight is 402 g/mol. The number of esters is 1. The molecule has 0 unspecified atom stereocenters. The van der Waals surface area contributed by atoms with Crippen LogP contribution in [0.5, 0.6) is 0 Å². The number of carbonyl (C=O) groups is 1. The molecule has 0 bridgehead atoms. The number of nitrogens with zero attached hydrogens (tertiary/aromatic N) is 1. The maximum atomic E-state index is 12.5. The summed E-state index contributed by atoms with van der Waals surface area (Å²) < 4.78 is 32.5. The number of ether oxygens (including phenoxy) is 1. The van der Waals surface area contributed by atoms with E-state index in [4.69, 9.17) is 4.74 Å². The van der Waals surface area contributed by atoms with Gasteiger partial charge in [0.1, 0.15) is 0 Å². The largest absolute Gasteiger partial charge is 0.462 e. The van der Waals surface area contributed by atoms with Crippen molar-refractivity contribution in [3.8, 4) is 11.3 Å². The summed E-state index contributed by atoms with van der Waals surface area (Å²) in [4.78, 5) is 16.1. The Bertz CT molecular complexity index is 1040. The number of anilines is 1. The number of carbonyl (C=O) groups excluding carboxylic acids is 1. The van der Waals surface area contributed by atoms with Crippen molar-refractivity contribution in [2.24, 2.45) is 0 Å². The van der Waals surface area contributed by atoms with Gasteiger partial charge in [-0.2, -0.15) is 0 Å². The van der Waals surface area contributed by atoms with Crippen LogP contribution >= 0.6 is 11.3 Å². The maximum absolute atomic E-state index is 12.5. The van der Waals surface area contributed by atoms with Gasteiger partial charge in [-0.25, -0.2) is 18.2 Å². The number of hydrogen-bond donors (Lipinski definition) is 1. The number of benzene rings is 2. The summed E-state index contributed by atoms with van der Waals surface area (Å²) in [6, 6.07) is 12.6. The van der Waals surface area contributed by atoms with E-state index >= 15 is 0 Å². The summed E-state index contributed by atoms with van der Waals surface area (Å²) in [7, 11) is -3.76. The molecule has 140 valence electrons. The molecule has 0 radical (unpaired) electrons.